The van der Waals surface area contributed by atoms with Crippen molar-refractivity contribution in [3.05, 3.63) is 35.9 Å². The monoisotopic (exact) mass is 417 g/mol. The summed E-state index contributed by atoms with van der Waals surface area (Å²) in [5.74, 6) is 3.76. The number of nitrogens with zero attached hydrogens (tertiary/aromatic N) is 3. The van der Waals surface area contributed by atoms with Crippen molar-refractivity contribution in [3.8, 4) is 11.4 Å². The van der Waals surface area contributed by atoms with Crippen molar-refractivity contribution in [3.63, 3.8) is 0 Å². The number of halogens is 1. The fourth-order valence-corrected chi connectivity index (χ4v) is 5.93. The van der Waals surface area contributed by atoms with E-state index in [2.05, 4.69) is 4.68 Å². The van der Waals surface area contributed by atoms with Crippen LogP contribution in [0.25, 0.3) is 11.4 Å². The van der Waals surface area contributed by atoms with Gasteiger partial charge in [0.15, 0.2) is 5.82 Å². The standard InChI is InChI=1S/C22H28FN3O2S/c23-17-5-3-16(4-6-17)21-24-20(26(25-21)18-2-1-11-29-14-18)12-19-13-22(15-28-19)7-9-27-10-8-22/h3-6,18-19H,1-2,7-15H2. The van der Waals surface area contributed by atoms with Crippen molar-refractivity contribution in [2.24, 2.45) is 5.41 Å². The minimum absolute atomic E-state index is 0.188. The molecule has 5 nitrogen and oxygen atoms in total. The fourth-order valence-electron chi connectivity index (χ4n) is 4.81. The Hall–Kier alpha value is -1.44. The molecule has 29 heavy (non-hydrogen) atoms. The summed E-state index contributed by atoms with van der Waals surface area (Å²) < 4.78 is 27.3. The van der Waals surface area contributed by atoms with Crippen molar-refractivity contribution >= 4 is 11.8 Å². The van der Waals surface area contributed by atoms with Gasteiger partial charge in [-0.2, -0.15) is 16.9 Å². The predicted octanol–water partition coefficient (Wildman–Crippen LogP) is 4.28. The molecule has 3 fully saturated rings. The summed E-state index contributed by atoms with van der Waals surface area (Å²) >= 11 is 1.99. The second-order valence-corrected chi connectivity index (χ2v) is 9.78. The van der Waals surface area contributed by atoms with Gasteiger partial charge in [-0.3, -0.25) is 0 Å². The number of benzene rings is 1. The summed E-state index contributed by atoms with van der Waals surface area (Å²) in [7, 11) is 0. The number of hydrogen-bond donors (Lipinski definition) is 0. The summed E-state index contributed by atoms with van der Waals surface area (Å²) in [6, 6.07) is 6.85. The highest BCUT2D eigenvalue weighted by Crippen LogP contribution is 2.42. The van der Waals surface area contributed by atoms with Crippen LogP contribution in [0.15, 0.2) is 24.3 Å². The van der Waals surface area contributed by atoms with Gasteiger partial charge in [0.25, 0.3) is 0 Å². The number of ether oxygens (including phenoxy) is 2. The van der Waals surface area contributed by atoms with Gasteiger partial charge in [-0.25, -0.2) is 14.1 Å². The molecule has 3 aliphatic rings. The van der Waals surface area contributed by atoms with Crippen LogP contribution in [0.2, 0.25) is 0 Å². The molecule has 1 aromatic carbocycles. The van der Waals surface area contributed by atoms with Crippen molar-refractivity contribution in [2.45, 2.75) is 50.7 Å². The summed E-state index contributed by atoms with van der Waals surface area (Å²) in [5, 5.41) is 4.87. The van der Waals surface area contributed by atoms with Crippen molar-refractivity contribution in [1.29, 1.82) is 0 Å². The molecule has 156 valence electrons. The highest BCUT2D eigenvalue weighted by molar-refractivity contribution is 7.99. The second kappa shape index (κ2) is 8.36. The van der Waals surface area contributed by atoms with E-state index in [9.17, 15) is 4.39 Å². The number of hydrogen-bond acceptors (Lipinski definition) is 5. The molecule has 4 heterocycles. The van der Waals surface area contributed by atoms with Crippen LogP contribution >= 0.6 is 11.8 Å². The third-order valence-electron chi connectivity index (χ3n) is 6.54. The average molecular weight is 418 g/mol. The van der Waals surface area contributed by atoms with Crippen molar-refractivity contribution < 1.29 is 13.9 Å². The van der Waals surface area contributed by atoms with Gasteiger partial charge in [0.1, 0.15) is 11.6 Å². The van der Waals surface area contributed by atoms with E-state index >= 15 is 0 Å². The Balaban J connectivity index is 1.39. The molecule has 5 rings (SSSR count). The molecule has 0 aliphatic carbocycles. The first-order valence-electron chi connectivity index (χ1n) is 10.7. The zero-order valence-corrected chi connectivity index (χ0v) is 17.5. The lowest BCUT2D eigenvalue weighted by Crippen LogP contribution is -2.30. The number of thioether (sulfide) groups is 1. The topological polar surface area (TPSA) is 49.2 Å². The molecule has 1 spiro atoms. The van der Waals surface area contributed by atoms with Gasteiger partial charge in [0.05, 0.1) is 18.8 Å². The van der Waals surface area contributed by atoms with E-state index in [0.717, 1.165) is 69.1 Å². The van der Waals surface area contributed by atoms with Crippen LogP contribution in [0.4, 0.5) is 4.39 Å². The third kappa shape index (κ3) is 4.23. The number of aromatic nitrogens is 3. The lowest BCUT2D eigenvalue weighted by atomic mass is 9.78. The van der Waals surface area contributed by atoms with E-state index < -0.39 is 0 Å². The Kier molecular flexibility index (Phi) is 5.63. The maximum Gasteiger partial charge on any atom is 0.181 e. The minimum Gasteiger partial charge on any atom is -0.381 e. The van der Waals surface area contributed by atoms with Gasteiger partial charge < -0.3 is 9.47 Å². The van der Waals surface area contributed by atoms with Crippen LogP contribution in [0, 0.1) is 11.2 Å². The Morgan fingerprint density at radius 3 is 2.79 bits per heavy atom. The second-order valence-electron chi connectivity index (χ2n) is 8.63. The first-order chi connectivity index (χ1) is 14.2. The summed E-state index contributed by atoms with van der Waals surface area (Å²) in [5.41, 5.74) is 1.15. The van der Waals surface area contributed by atoms with Crippen LogP contribution in [0.1, 0.15) is 44.0 Å². The van der Waals surface area contributed by atoms with E-state index in [1.807, 2.05) is 11.8 Å². The normalized spacial score (nSPS) is 26.8. The quantitative estimate of drug-likeness (QED) is 0.743. The summed E-state index contributed by atoms with van der Waals surface area (Å²) in [6.45, 7) is 2.53. The van der Waals surface area contributed by atoms with E-state index in [1.54, 1.807) is 12.1 Å². The average Bonchev–Trinajstić information content (AvgIpc) is 3.34. The highest BCUT2D eigenvalue weighted by atomic mass is 32.2. The van der Waals surface area contributed by atoms with Crippen LogP contribution in [-0.4, -0.2) is 52.2 Å². The highest BCUT2D eigenvalue weighted by Gasteiger charge is 2.41. The zero-order chi connectivity index (χ0) is 19.7. The molecular weight excluding hydrogens is 389 g/mol. The predicted molar refractivity (Wildman–Crippen MR) is 112 cm³/mol. The molecule has 7 heteroatoms. The molecule has 0 bridgehead atoms. The van der Waals surface area contributed by atoms with Crippen LogP contribution in [0.3, 0.4) is 0 Å². The smallest absolute Gasteiger partial charge is 0.181 e. The molecule has 2 atom stereocenters. The van der Waals surface area contributed by atoms with Crippen LogP contribution < -0.4 is 0 Å². The molecule has 0 N–H and O–H groups in total. The molecule has 2 unspecified atom stereocenters. The van der Waals surface area contributed by atoms with Gasteiger partial charge in [0.2, 0.25) is 0 Å². The molecule has 3 aliphatic heterocycles. The van der Waals surface area contributed by atoms with E-state index in [4.69, 9.17) is 19.6 Å². The van der Waals surface area contributed by atoms with Crippen molar-refractivity contribution in [1.82, 2.24) is 14.8 Å². The van der Waals surface area contributed by atoms with Crippen LogP contribution in [-0.2, 0) is 15.9 Å². The molecular formula is C22H28FN3O2S. The van der Waals surface area contributed by atoms with Gasteiger partial charge in [-0.1, -0.05) is 0 Å². The fraction of sp³-hybridized carbons (Fsp3) is 0.636. The first-order valence-corrected chi connectivity index (χ1v) is 11.8. The lowest BCUT2D eigenvalue weighted by Gasteiger charge is -2.31. The van der Waals surface area contributed by atoms with Gasteiger partial charge in [-0.05, 0) is 62.1 Å². The summed E-state index contributed by atoms with van der Waals surface area (Å²) in [4.78, 5) is 4.90. The SMILES string of the molecule is Fc1ccc(-c2nc(CC3CC4(CCOCC4)CO3)n(C3CCCSC3)n2)cc1. The van der Waals surface area contributed by atoms with Gasteiger partial charge >= 0.3 is 0 Å². The summed E-state index contributed by atoms with van der Waals surface area (Å²) in [6.07, 6.45) is 6.59. The Morgan fingerprint density at radius 2 is 2.03 bits per heavy atom. The Labute approximate surface area is 175 Å². The lowest BCUT2D eigenvalue weighted by molar-refractivity contribution is 0.00690. The largest absolute Gasteiger partial charge is 0.381 e. The maximum atomic E-state index is 13.3. The Bertz CT molecular complexity index is 829. The van der Waals surface area contributed by atoms with Gasteiger partial charge in [-0.15, -0.1) is 0 Å². The minimum atomic E-state index is -0.238. The number of rotatable bonds is 4. The van der Waals surface area contributed by atoms with E-state index in [1.165, 1.54) is 24.3 Å². The molecule has 2 aromatic rings. The maximum absolute atomic E-state index is 13.3. The molecule has 0 amide bonds. The third-order valence-corrected chi connectivity index (χ3v) is 7.73. The first kappa shape index (κ1) is 19.5. The Morgan fingerprint density at radius 1 is 1.21 bits per heavy atom. The van der Waals surface area contributed by atoms with Crippen molar-refractivity contribution in [2.75, 3.05) is 31.3 Å². The van der Waals surface area contributed by atoms with E-state index in [0.29, 0.717) is 11.9 Å². The van der Waals surface area contributed by atoms with Gasteiger partial charge in [0, 0.05) is 36.4 Å². The van der Waals surface area contributed by atoms with Crippen LogP contribution in [0.5, 0.6) is 0 Å². The molecule has 3 saturated heterocycles. The molecule has 1 aromatic heterocycles. The van der Waals surface area contributed by atoms with E-state index in [-0.39, 0.29) is 17.3 Å². The molecule has 0 radical (unpaired) electrons. The molecule has 0 saturated carbocycles. The zero-order valence-electron chi connectivity index (χ0n) is 16.7.